The second-order valence-electron chi connectivity index (χ2n) is 3.53. The minimum absolute atomic E-state index is 0.585. The Morgan fingerprint density at radius 3 is 1.92 bits per heavy atom. The Morgan fingerprint density at radius 2 is 1.77 bits per heavy atom. The molecule has 0 heterocycles. The Labute approximate surface area is 87.4 Å². The van der Waals surface area contributed by atoms with Crippen molar-refractivity contribution < 1.29 is 3.52 Å². The summed E-state index contributed by atoms with van der Waals surface area (Å²) in [5.74, 6) is 0.585. The number of rotatable bonds is 2. The van der Waals surface area contributed by atoms with Crippen molar-refractivity contribution in [2.24, 2.45) is 5.92 Å². The van der Waals surface area contributed by atoms with E-state index in [1.54, 1.807) is 0 Å². The highest BCUT2D eigenvalue weighted by molar-refractivity contribution is 6.26. The molecule has 0 saturated heterocycles. The summed E-state index contributed by atoms with van der Waals surface area (Å²) in [5.41, 5.74) is 1.32. The predicted octanol–water partition coefficient (Wildman–Crippen LogP) is 3.38. The first kappa shape index (κ1) is 12.7. The smallest absolute Gasteiger partial charge is 0.424 e. The van der Waals surface area contributed by atoms with Gasteiger partial charge in [0.25, 0.3) is 0 Å². The van der Waals surface area contributed by atoms with Gasteiger partial charge in [0.1, 0.15) is 0 Å². The van der Waals surface area contributed by atoms with Crippen LogP contribution in [0.25, 0.3) is 0 Å². The van der Waals surface area contributed by atoms with E-state index in [4.69, 9.17) is 0 Å². The third kappa shape index (κ3) is 9.60. The molecule has 1 rings (SSSR count). The fourth-order valence-corrected chi connectivity index (χ4v) is 1.19. The molecule has 0 aliphatic carbocycles. The van der Waals surface area contributed by atoms with Crippen LogP contribution in [0.15, 0.2) is 30.3 Å². The van der Waals surface area contributed by atoms with Crippen LogP contribution in [0.3, 0.4) is 0 Å². The fraction of sp³-hybridized carbons (Fsp3) is 0.455. The zero-order chi connectivity index (χ0) is 10.1. The lowest BCUT2D eigenvalue weighted by Crippen LogP contribution is -1.87. The van der Waals surface area contributed by atoms with E-state index in [1.807, 2.05) is 32.0 Å². The van der Waals surface area contributed by atoms with Crippen LogP contribution in [0.2, 0.25) is 5.28 Å². The predicted molar refractivity (Wildman–Crippen MR) is 59.1 cm³/mol. The number of hydrogen-bond donors (Lipinski definition) is 0. The van der Waals surface area contributed by atoms with Crippen molar-refractivity contribution in [1.29, 1.82) is 0 Å². The van der Waals surface area contributed by atoms with E-state index in [-0.39, 0.29) is 0 Å². The lowest BCUT2D eigenvalue weighted by molar-refractivity contribution is 0.702. The summed E-state index contributed by atoms with van der Waals surface area (Å²) in [5, 5.41) is 0.847. The monoisotopic (exact) mass is 196 g/mol. The zero-order valence-electron chi connectivity index (χ0n) is 8.76. The second-order valence-corrected chi connectivity index (χ2v) is 4.48. The summed E-state index contributed by atoms with van der Waals surface area (Å²) >= 11 is -1.13. The lowest BCUT2D eigenvalue weighted by atomic mass is 10.2. The maximum absolute atomic E-state index is 11.4. The summed E-state index contributed by atoms with van der Waals surface area (Å²) in [4.78, 5) is 0. The highest BCUT2D eigenvalue weighted by Gasteiger charge is 1.94. The number of hydrogen-bond acceptors (Lipinski definition) is 0. The fourth-order valence-electron chi connectivity index (χ4n) is 0.753. The molecule has 0 bridgehead atoms. The maximum atomic E-state index is 11.4. The lowest BCUT2D eigenvalue weighted by Gasteiger charge is -1.92. The van der Waals surface area contributed by atoms with Crippen molar-refractivity contribution in [2.75, 3.05) is 0 Å². The van der Waals surface area contributed by atoms with Crippen molar-refractivity contribution in [3.05, 3.63) is 35.9 Å². The van der Waals surface area contributed by atoms with Crippen LogP contribution in [0.5, 0.6) is 0 Å². The SMILES string of the molecule is CC(C)[CH2][AlH][F].Cc1ccccc1. The quantitative estimate of drug-likeness (QED) is 0.636. The molecule has 1 aromatic carbocycles. The molecular weight excluding hydrogens is 178 g/mol. The molecule has 72 valence electrons. The molecule has 0 spiro atoms. The van der Waals surface area contributed by atoms with Gasteiger partial charge >= 0.3 is 15.7 Å². The normalized spacial score (nSPS) is 9.00. The summed E-state index contributed by atoms with van der Waals surface area (Å²) in [6.45, 7) is 6.18. The van der Waals surface area contributed by atoms with E-state index in [2.05, 4.69) is 19.1 Å². The molecule has 2 heteroatoms. The van der Waals surface area contributed by atoms with Crippen LogP contribution in [0, 0.1) is 12.8 Å². The molecule has 0 fully saturated rings. The molecule has 0 radical (unpaired) electrons. The van der Waals surface area contributed by atoms with E-state index >= 15 is 0 Å². The summed E-state index contributed by atoms with van der Waals surface area (Å²) in [7, 11) is 0. The number of benzene rings is 1. The Bertz CT molecular complexity index is 197. The number of halogens is 1. The zero-order valence-corrected chi connectivity index (χ0v) is 10.2. The Kier molecular flexibility index (Phi) is 8.09. The van der Waals surface area contributed by atoms with Gasteiger partial charge in [-0.15, -0.1) is 0 Å². The topological polar surface area (TPSA) is 0 Å². The van der Waals surface area contributed by atoms with Gasteiger partial charge in [-0.1, -0.05) is 60.9 Å². The van der Waals surface area contributed by atoms with Gasteiger partial charge in [0, 0.05) is 0 Å². The van der Waals surface area contributed by atoms with E-state index < -0.39 is 15.7 Å². The van der Waals surface area contributed by atoms with Gasteiger partial charge in [-0.25, -0.2) is 0 Å². The maximum Gasteiger partial charge on any atom is 0.494 e. The summed E-state index contributed by atoms with van der Waals surface area (Å²) < 4.78 is 11.4. The highest BCUT2D eigenvalue weighted by Crippen LogP contribution is 1.97. The minimum atomic E-state index is -1.13. The molecular formula is C11H18AlF. The van der Waals surface area contributed by atoms with Gasteiger partial charge < -0.3 is 3.52 Å². The van der Waals surface area contributed by atoms with Crippen molar-refractivity contribution in [2.45, 2.75) is 26.1 Å². The second kappa shape index (κ2) is 8.29. The first-order valence-corrected chi connectivity index (χ1v) is 6.28. The van der Waals surface area contributed by atoms with E-state index in [0.29, 0.717) is 5.92 Å². The molecule has 0 saturated carbocycles. The van der Waals surface area contributed by atoms with Crippen molar-refractivity contribution in [1.82, 2.24) is 0 Å². The van der Waals surface area contributed by atoms with Gasteiger partial charge in [0.05, 0.1) is 0 Å². The molecule has 0 aliphatic heterocycles. The average Bonchev–Trinajstić information content (AvgIpc) is 2.06. The first-order valence-electron chi connectivity index (χ1n) is 4.74. The van der Waals surface area contributed by atoms with E-state index in [9.17, 15) is 3.52 Å². The van der Waals surface area contributed by atoms with E-state index in [0.717, 1.165) is 5.28 Å². The summed E-state index contributed by atoms with van der Waals surface area (Å²) in [6, 6.07) is 10.3. The van der Waals surface area contributed by atoms with Crippen LogP contribution in [0.4, 0.5) is 3.52 Å². The largest absolute Gasteiger partial charge is 0.494 e. The van der Waals surface area contributed by atoms with E-state index in [1.165, 1.54) is 5.56 Å². The molecule has 13 heavy (non-hydrogen) atoms. The molecule has 0 N–H and O–H groups in total. The van der Waals surface area contributed by atoms with Gasteiger partial charge in [0.15, 0.2) is 0 Å². The molecule has 0 nitrogen and oxygen atoms in total. The molecule has 1 aromatic rings. The minimum Gasteiger partial charge on any atom is -0.424 e. The van der Waals surface area contributed by atoms with Crippen LogP contribution >= 0.6 is 0 Å². The Hall–Kier alpha value is -0.318. The van der Waals surface area contributed by atoms with Crippen LogP contribution in [0.1, 0.15) is 19.4 Å². The molecule has 0 atom stereocenters. The van der Waals surface area contributed by atoms with Crippen LogP contribution in [-0.2, 0) is 0 Å². The van der Waals surface area contributed by atoms with Crippen molar-refractivity contribution >= 4 is 15.7 Å². The third-order valence-corrected chi connectivity index (χ3v) is 3.00. The average molecular weight is 196 g/mol. The van der Waals surface area contributed by atoms with Crippen molar-refractivity contribution in [3.8, 4) is 0 Å². The van der Waals surface area contributed by atoms with Crippen molar-refractivity contribution in [3.63, 3.8) is 0 Å². The molecule has 0 amide bonds. The first-order chi connectivity index (χ1) is 6.16. The van der Waals surface area contributed by atoms with Gasteiger partial charge in [-0.3, -0.25) is 0 Å². The molecule has 0 aliphatic rings. The standard InChI is InChI=1S/C7H8.C4H9.Al.FH.H/c1-7-5-3-2-4-6-7;1-4(2)3;;;/h2-6H,1H3;4H,1H2,2-3H3;;1H;/q;;+1;;/p-1. The van der Waals surface area contributed by atoms with Gasteiger partial charge in [-0.05, 0) is 6.92 Å². The Balaban J connectivity index is 0.000000226. The molecule has 0 aromatic heterocycles. The third-order valence-electron chi connectivity index (χ3n) is 1.63. The highest BCUT2D eigenvalue weighted by atomic mass is 27.2. The number of aryl methyl sites for hydroxylation is 1. The van der Waals surface area contributed by atoms with Crippen LogP contribution in [-0.4, -0.2) is 15.7 Å². The molecule has 0 unspecified atom stereocenters. The summed E-state index contributed by atoms with van der Waals surface area (Å²) in [6.07, 6.45) is 0. The van der Waals surface area contributed by atoms with Gasteiger partial charge in [-0.2, -0.15) is 0 Å². The Morgan fingerprint density at radius 1 is 1.23 bits per heavy atom. The van der Waals surface area contributed by atoms with Crippen LogP contribution < -0.4 is 0 Å². The van der Waals surface area contributed by atoms with Gasteiger partial charge in [0.2, 0.25) is 0 Å².